The minimum atomic E-state index is -3.34. The zero-order valence-corrected chi connectivity index (χ0v) is 14.9. The van der Waals surface area contributed by atoms with Crippen LogP contribution in [-0.2, 0) is 14.6 Å². The van der Waals surface area contributed by atoms with Gasteiger partial charge in [-0.15, -0.1) is 0 Å². The molecule has 1 aliphatic rings. The average molecular weight is 388 g/mol. The second-order valence-electron chi connectivity index (χ2n) is 5.86. The lowest BCUT2D eigenvalue weighted by Gasteiger charge is -2.27. The van der Waals surface area contributed by atoms with Crippen molar-refractivity contribution in [3.63, 3.8) is 0 Å². The number of carbonyl (C=O) groups is 1. The van der Waals surface area contributed by atoms with Crippen LogP contribution in [0.4, 0.5) is 11.4 Å². The van der Waals surface area contributed by atoms with Gasteiger partial charge in [-0.2, -0.15) is 0 Å². The Morgan fingerprint density at radius 1 is 1.15 bits per heavy atom. The number of anilines is 1. The van der Waals surface area contributed by atoms with Gasteiger partial charge in [-0.25, -0.2) is 8.42 Å². The summed E-state index contributed by atoms with van der Waals surface area (Å²) < 4.78 is 28.9. The number of carbonyl (C=O) groups excluding carboxylic acids is 1. The lowest BCUT2D eigenvalue weighted by Crippen LogP contribution is -2.43. The van der Waals surface area contributed by atoms with E-state index < -0.39 is 26.7 Å². The summed E-state index contributed by atoms with van der Waals surface area (Å²) in [6.07, 6.45) is 1.48. The first-order valence-corrected chi connectivity index (χ1v) is 9.72. The van der Waals surface area contributed by atoms with Crippen LogP contribution < -0.4 is 9.64 Å². The molecule has 0 N–H and O–H groups in total. The molecule has 140 valence electrons. The molecular formula is C18H16N2O6S. The molecule has 1 atom stereocenters. The molecule has 0 aliphatic carbocycles. The highest BCUT2D eigenvalue weighted by Gasteiger charge is 2.31. The molecule has 1 amide bonds. The van der Waals surface area contributed by atoms with Crippen LogP contribution in [0.25, 0.3) is 0 Å². The Kier molecular flexibility index (Phi) is 5.22. The zero-order valence-electron chi connectivity index (χ0n) is 14.1. The quantitative estimate of drug-likeness (QED) is 0.555. The van der Waals surface area contributed by atoms with Crippen LogP contribution in [0, 0.1) is 10.1 Å². The van der Waals surface area contributed by atoms with E-state index in [4.69, 9.17) is 4.74 Å². The fourth-order valence-corrected chi connectivity index (χ4v) is 3.98. The van der Waals surface area contributed by atoms with E-state index >= 15 is 0 Å². The summed E-state index contributed by atoms with van der Waals surface area (Å²) in [5.41, 5.74) is 0.474. The zero-order chi connectivity index (χ0) is 19.4. The predicted molar refractivity (Wildman–Crippen MR) is 99.2 cm³/mol. The van der Waals surface area contributed by atoms with Crippen molar-refractivity contribution in [3.05, 3.63) is 76.2 Å². The lowest BCUT2D eigenvalue weighted by molar-refractivity contribution is -0.384. The van der Waals surface area contributed by atoms with E-state index in [9.17, 15) is 23.3 Å². The molecule has 3 rings (SSSR count). The van der Waals surface area contributed by atoms with E-state index in [-0.39, 0.29) is 18.0 Å². The highest BCUT2D eigenvalue weighted by atomic mass is 32.2. The summed E-state index contributed by atoms with van der Waals surface area (Å²) in [7, 11) is -3.34. The molecule has 0 bridgehead atoms. The third-order valence-electron chi connectivity index (χ3n) is 3.96. The van der Waals surface area contributed by atoms with Gasteiger partial charge in [0, 0.05) is 23.2 Å². The largest absolute Gasteiger partial charge is 0.484 e. The van der Waals surface area contributed by atoms with Gasteiger partial charge < -0.3 is 9.64 Å². The molecule has 0 radical (unpaired) electrons. The number of benzene rings is 2. The molecule has 0 saturated heterocycles. The molecule has 1 aliphatic heterocycles. The number of amides is 1. The van der Waals surface area contributed by atoms with Gasteiger partial charge >= 0.3 is 0 Å². The summed E-state index contributed by atoms with van der Waals surface area (Å²) in [6, 6.07) is 13.5. The Bertz CT molecular complexity index is 971. The third kappa shape index (κ3) is 4.50. The van der Waals surface area contributed by atoms with Crippen molar-refractivity contribution < 1.29 is 22.9 Å². The molecule has 0 aromatic heterocycles. The number of non-ortho nitro benzene ring substituents is 1. The third-order valence-corrected chi connectivity index (χ3v) is 5.33. The summed E-state index contributed by atoms with van der Waals surface area (Å²) in [4.78, 5) is 24.3. The second-order valence-corrected chi connectivity index (χ2v) is 7.80. The standard InChI is InChI=1S/C18H16N2O6S/c21-18(12-26-17-8-6-15(7-9-17)20(22)23)19(14-4-2-1-3-5-14)16-10-11-27(24,25)13-16/h1-11,16H,12-13H2/t16-/m0/s1. The van der Waals surface area contributed by atoms with Gasteiger partial charge in [0.15, 0.2) is 16.4 Å². The monoisotopic (exact) mass is 388 g/mol. The molecular weight excluding hydrogens is 372 g/mol. The Hall–Kier alpha value is -3.20. The van der Waals surface area contributed by atoms with Crippen LogP contribution >= 0.6 is 0 Å². The maximum Gasteiger partial charge on any atom is 0.269 e. The minimum Gasteiger partial charge on any atom is -0.484 e. The molecule has 0 saturated carbocycles. The first-order valence-electron chi connectivity index (χ1n) is 8.01. The lowest BCUT2D eigenvalue weighted by atomic mass is 10.2. The molecule has 2 aromatic carbocycles. The Morgan fingerprint density at radius 2 is 1.81 bits per heavy atom. The smallest absolute Gasteiger partial charge is 0.269 e. The summed E-state index contributed by atoms with van der Waals surface area (Å²) in [6.45, 7) is -0.336. The maximum absolute atomic E-state index is 12.8. The van der Waals surface area contributed by atoms with Gasteiger partial charge in [0.25, 0.3) is 11.6 Å². The number of nitrogens with zero attached hydrogens (tertiary/aromatic N) is 2. The van der Waals surface area contributed by atoms with E-state index in [2.05, 4.69) is 0 Å². The number of sulfone groups is 1. The van der Waals surface area contributed by atoms with E-state index in [0.29, 0.717) is 11.4 Å². The van der Waals surface area contributed by atoms with Crippen LogP contribution in [0.15, 0.2) is 66.1 Å². The number of nitro groups is 1. The number of hydrogen-bond acceptors (Lipinski definition) is 6. The number of rotatable bonds is 6. The van der Waals surface area contributed by atoms with Crippen molar-refractivity contribution in [1.82, 2.24) is 0 Å². The van der Waals surface area contributed by atoms with E-state index in [1.807, 2.05) is 0 Å². The Morgan fingerprint density at radius 3 is 2.37 bits per heavy atom. The molecule has 9 heteroatoms. The number of hydrogen-bond donors (Lipinski definition) is 0. The molecule has 0 unspecified atom stereocenters. The van der Waals surface area contributed by atoms with E-state index in [1.54, 1.807) is 30.3 Å². The molecule has 0 spiro atoms. The predicted octanol–water partition coefficient (Wildman–Crippen LogP) is 2.32. The van der Waals surface area contributed by atoms with Crippen LogP contribution in [0.3, 0.4) is 0 Å². The van der Waals surface area contributed by atoms with Crippen LogP contribution in [0.5, 0.6) is 5.75 Å². The first-order chi connectivity index (χ1) is 12.9. The van der Waals surface area contributed by atoms with Crippen molar-refractivity contribution in [2.45, 2.75) is 6.04 Å². The average Bonchev–Trinajstić information content (AvgIpc) is 3.00. The number of ether oxygens (including phenoxy) is 1. The topological polar surface area (TPSA) is 107 Å². The summed E-state index contributed by atoms with van der Waals surface area (Å²) in [5.74, 6) is -0.312. The molecule has 1 heterocycles. The summed E-state index contributed by atoms with van der Waals surface area (Å²) in [5, 5.41) is 11.8. The first kappa shape index (κ1) is 18.6. The van der Waals surface area contributed by atoms with Gasteiger partial charge in [0.1, 0.15) is 5.75 Å². The molecule has 8 nitrogen and oxygen atoms in total. The fraction of sp³-hybridized carbons (Fsp3) is 0.167. The summed E-state index contributed by atoms with van der Waals surface area (Å²) >= 11 is 0. The SMILES string of the molecule is O=C(COc1ccc([N+](=O)[O-])cc1)N(c1ccccc1)[C@H]1C=CS(=O)(=O)C1. The van der Waals surface area contributed by atoms with Crippen molar-refractivity contribution in [1.29, 1.82) is 0 Å². The number of nitro benzene ring substituents is 1. The van der Waals surface area contributed by atoms with E-state index in [1.165, 1.54) is 35.2 Å². The van der Waals surface area contributed by atoms with Gasteiger partial charge in [-0.05, 0) is 30.3 Å². The van der Waals surface area contributed by atoms with Gasteiger partial charge in [0.05, 0.1) is 16.7 Å². The van der Waals surface area contributed by atoms with Crippen LogP contribution in [-0.4, -0.2) is 37.6 Å². The second kappa shape index (κ2) is 7.58. The van der Waals surface area contributed by atoms with Gasteiger partial charge in [-0.3, -0.25) is 14.9 Å². The van der Waals surface area contributed by atoms with Crippen molar-refractivity contribution in [2.24, 2.45) is 0 Å². The maximum atomic E-state index is 12.8. The normalized spacial score (nSPS) is 17.4. The molecule has 27 heavy (non-hydrogen) atoms. The van der Waals surface area contributed by atoms with Crippen LogP contribution in [0.2, 0.25) is 0 Å². The highest BCUT2D eigenvalue weighted by molar-refractivity contribution is 7.94. The minimum absolute atomic E-state index is 0.0825. The molecule has 0 fully saturated rings. The van der Waals surface area contributed by atoms with Crippen molar-refractivity contribution in [3.8, 4) is 5.75 Å². The van der Waals surface area contributed by atoms with Crippen molar-refractivity contribution >= 4 is 27.1 Å². The van der Waals surface area contributed by atoms with Gasteiger partial charge in [0.2, 0.25) is 0 Å². The Balaban J connectivity index is 1.75. The highest BCUT2D eigenvalue weighted by Crippen LogP contribution is 2.23. The van der Waals surface area contributed by atoms with Crippen molar-refractivity contribution in [2.75, 3.05) is 17.3 Å². The Labute approximate surface area is 155 Å². The van der Waals surface area contributed by atoms with Crippen LogP contribution in [0.1, 0.15) is 0 Å². The number of para-hydroxylation sites is 1. The van der Waals surface area contributed by atoms with E-state index in [0.717, 1.165) is 5.41 Å². The van der Waals surface area contributed by atoms with Gasteiger partial charge in [-0.1, -0.05) is 18.2 Å². The molecule has 2 aromatic rings. The fourth-order valence-electron chi connectivity index (χ4n) is 2.71.